The average molecular weight is 534 g/mol. The maximum atomic E-state index is 15.3. The van der Waals surface area contributed by atoms with Crippen LogP contribution in [-0.4, -0.2) is 37.1 Å². The summed E-state index contributed by atoms with van der Waals surface area (Å²) in [6.45, 7) is 3.03. The van der Waals surface area contributed by atoms with Gasteiger partial charge < -0.3 is 15.2 Å². The molecule has 0 spiro atoms. The molecule has 1 aliphatic heterocycles. The summed E-state index contributed by atoms with van der Waals surface area (Å²) >= 11 is 0. The molecule has 0 radical (unpaired) electrons. The molecule has 196 valence electrons. The molecule has 0 bridgehead atoms. The van der Waals surface area contributed by atoms with Crippen molar-refractivity contribution in [2.24, 2.45) is 10.7 Å². The van der Waals surface area contributed by atoms with E-state index in [0.717, 1.165) is 12.1 Å². The number of nitrogens with zero attached hydrogens (tertiary/aromatic N) is 2. The van der Waals surface area contributed by atoms with E-state index in [-0.39, 0.29) is 42.6 Å². The number of benzene rings is 2. The number of aliphatic imine (C=N–C) groups is 1. The molecule has 0 fully saturated rings. The van der Waals surface area contributed by atoms with Crippen LogP contribution < -0.4 is 10.5 Å². The monoisotopic (exact) mass is 533 g/mol. The number of hydrogen-bond donors (Lipinski definition) is 1. The van der Waals surface area contributed by atoms with Crippen molar-refractivity contribution < 1.29 is 31.1 Å². The predicted octanol–water partition coefficient (Wildman–Crippen LogP) is 5.04. The maximum absolute atomic E-state index is 15.3. The number of hydrogen-bond acceptors (Lipinski definition) is 7. The van der Waals surface area contributed by atoms with Gasteiger partial charge in [0.2, 0.25) is 0 Å². The molecule has 4 rings (SSSR count). The molecule has 2 atom stereocenters. The Bertz CT molecular complexity index is 1410. The number of halogens is 3. The predicted molar refractivity (Wildman–Crippen MR) is 133 cm³/mol. The number of pyridine rings is 1. The minimum Gasteiger partial charge on any atom is -0.436 e. The minimum absolute atomic E-state index is 0.0139. The lowest BCUT2D eigenvalue weighted by molar-refractivity contribution is 0.0508. The Morgan fingerprint density at radius 2 is 1.78 bits per heavy atom. The van der Waals surface area contributed by atoms with Crippen LogP contribution in [0.5, 0.6) is 11.6 Å². The molecule has 0 aliphatic carbocycles. The summed E-state index contributed by atoms with van der Waals surface area (Å²) in [6.07, 6.45) is 0.287. The molecule has 7 nitrogen and oxygen atoms in total. The van der Waals surface area contributed by atoms with E-state index in [1.807, 2.05) is 0 Å². The quantitative estimate of drug-likeness (QED) is 0.504. The zero-order valence-corrected chi connectivity index (χ0v) is 21.0. The lowest BCUT2D eigenvalue weighted by atomic mass is 10.00. The third kappa shape index (κ3) is 5.47. The maximum Gasteiger partial charge on any atom is 0.255 e. The Balaban J connectivity index is 1.84. The van der Waals surface area contributed by atoms with Crippen LogP contribution >= 0.6 is 0 Å². The summed E-state index contributed by atoms with van der Waals surface area (Å²) in [4.78, 5) is 7.99. The topological polar surface area (TPSA) is 104 Å². The average Bonchev–Trinajstić information content (AvgIpc) is 2.86. The zero-order chi connectivity index (χ0) is 26.8. The van der Waals surface area contributed by atoms with Gasteiger partial charge in [0.25, 0.3) is 5.88 Å². The van der Waals surface area contributed by atoms with Crippen molar-refractivity contribution >= 4 is 15.7 Å². The van der Waals surface area contributed by atoms with Crippen LogP contribution in [0, 0.1) is 17.5 Å². The van der Waals surface area contributed by atoms with Crippen molar-refractivity contribution in [3.63, 3.8) is 0 Å². The van der Waals surface area contributed by atoms with E-state index >= 15 is 4.39 Å². The van der Waals surface area contributed by atoms with Gasteiger partial charge in [0.1, 0.15) is 28.0 Å². The Morgan fingerprint density at radius 1 is 1.05 bits per heavy atom. The highest BCUT2D eigenvalue weighted by molar-refractivity contribution is 7.93. The third-order valence-electron chi connectivity index (χ3n) is 6.32. The van der Waals surface area contributed by atoms with Gasteiger partial charge in [-0.05, 0) is 68.3 Å². The third-order valence-corrected chi connectivity index (χ3v) is 9.15. The van der Waals surface area contributed by atoms with Crippen molar-refractivity contribution in [1.29, 1.82) is 0 Å². The van der Waals surface area contributed by atoms with E-state index in [0.29, 0.717) is 5.56 Å². The van der Waals surface area contributed by atoms with Gasteiger partial charge in [-0.25, -0.2) is 26.6 Å². The minimum atomic E-state index is -4.27. The van der Waals surface area contributed by atoms with Crippen LogP contribution in [0.3, 0.4) is 0 Å². The van der Waals surface area contributed by atoms with Gasteiger partial charge in [0.15, 0.2) is 15.7 Å². The molecule has 0 saturated carbocycles. The largest absolute Gasteiger partial charge is 0.436 e. The second-order valence-corrected chi connectivity index (χ2v) is 11.7. The second kappa shape index (κ2) is 10.5. The summed E-state index contributed by atoms with van der Waals surface area (Å²) in [5.74, 6) is -2.52. The van der Waals surface area contributed by atoms with Crippen molar-refractivity contribution in [3.05, 3.63) is 89.4 Å². The van der Waals surface area contributed by atoms with Crippen molar-refractivity contribution in [1.82, 2.24) is 4.98 Å². The van der Waals surface area contributed by atoms with Crippen LogP contribution in [0.2, 0.25) is 0 Å². The number of sulfone groups is 1. The van der Waals surface area contributed by atoms with Crippen molar-refractivity contribution in [3.8, 4) is 11.6 Å². The molecule has 1 aromatic heterocycles. The highest BCUT2D eigenvalue weighted by atomic mass is 32.2. The molecule has 0 unspecified atom stereocenters. The first-order valence-electron chi connectivity index (χ1n) is 11.5. The first-order chi connectivity index (χ1) is 17.5. The zero-order valence-electron chi connectivity index (χ0n) is 20.2. The molecule has 3 aromatic rings. The van der Waals surface area contributed by atoms with E-state index in [4.69, 9.17) is 15.2 Å². The van der Waals surface area contributed by atoms with Gasteiger partial charge in [0.05, 0.1) is 24.5 Å². The fraction of sp³-hybridized carbons (Fsp3) is 0.308. The SMILES string of the molecule is CC1(C)C(N)=NCCO[C@@H](c2ccc(F)cc2)C[C@H](c2cc(Oc3ncccc3F)ccc2F)S1(=O)=O. The highest BCUT2D eigenvalue weighted by Gasteiger charge is 2.46. The van der Waals surface area contributed by atoms with Crippen LogP contribution in [0.1, 0.15) is 42.7 Å². The van der Waals surface area contributed by atoms with E-state index in [2.05, 4.69) is 9.98 Å². The number of nitrogens with two attached hydrogens (primary N) is 1. The Hall–Kier alpha value is -3.44. The molecule has 11 heteroatoms. The lowest BCUT2D eigenvalue weighted by Crippen LogP contribution is -2.48. The van der Waals surface area contributed by atoms with Gasteiger partial charge in [-0.2, -0.15) is 0 Å². The molecular weight excluding hydrogens is 507 g/mol. The van der Waals surface area contributed by atoms with E-state index in [1.54, 1.807) is 0 Å². The molecule has 2 aromatic carbocycles. The summed E-state index contributed by atoms with van der Waals surface area (Å²) in [7, 11) is -4.27. The van der Waals surface area contributed by atoms with E-state index < -0.39 is 43.4 Å². The molecule has 2 N–H and O–H groups in total. The van der Waals surface area contributed by atoms with Crippen molar-refractivity contribution in [2.45, 2.75) is 36.4 Å². The Kier molecular flexibility index (Phi) is 7.56. The molecule has 0 saturated heterocycles. The normalized spacial score (nSPS) is 21.6. The number of aromatic nitrogens is 1. The van der Waals surface area contributed by atoms with Gasteiger partial charge in [-0.1, -0.05) is 12.1 Å². The molecular formula is C26H26F3N3O4S. The summed E-state index contributed by atoms with van der Waals surface area (Å²) in [5, 5.41) is -1.47. The smallest absolute Gasteiger partial charge is 0.255 e. The number of rotatable bonds is 4. The summed E-state index contributed by atoms with van der Waals surface area (Å²) in [5.41, 5.74) is 6.37. The van der Waals surface area contributed by atoms with Crippen LogP contribution in [0.25, 0.3) is 0 Å². The van der Waals surface area contributed by atoms with Gasteiger partial charge in [-0.3, -0.25) is 4.99 Å². The van der Waals surface area contributed by atoms with Crippen LogP contribution in [0.4, 0.5) is 13.2 Å². The fourth-order valence-electron chi connectivity index (χ4n) is 4.04. The first-order valence-corrected chi connectivity index (χ1v) is 13.0. The van der Waals surface area contributed by atoms with Gasteiger partial charge in [-0.15, -0.1) is 0 Å². The van der Waals surface area contributed by atoms with E-state index in [1.165, 1.54) is 62.5 Å². The second-order valence-electron chi connectivity index (χ2n) is 9.03. The standard InChI is InChI=1S/C26H26F3N3O4S/c1-26(2)25(30)32-12-13-35-22(16-5-7-17(27)8-6-16)15-23(37(26,33)34)19-14-18(9-10-20(19)28)36-24-21(29)4-3-11-31-24/h3-11,14,22-23H,12-13,15H2,1-2H3,(H2,30,32)/t22-,23-/m1/s1. The summed E-state index contributed by atoms with van der Waals surface area (Å²) < 4.78 is 80.8. The Labute approximate surface area is 213 Å². The van der Waals surface area contributed by atoms with Gasteiger partial charge >= 0.3 is 0 Å². The molecule has 2 heterocycles. The number of amidine groups is 1. The van der Waals surface area contributed by atoms with E-state index in [9.17, 15) is 17.2 Å². The highest BCUT2D eigenvalue weighted by Crippen LogP contribution is 2.42. The first kappa shape index (κ1) is 26.6. The van der Waals surface area contributed by atoms with Gasteiger partial charge in [0, 0.05) is 11.8 Å². The molecule has 1 aliphatic rings. The van der Waals surface area contributed by atoms with Crippen molar-refractivity contribution in [2.75, 3.05) is 13.2 Å². The Morgan fingerprint density at radius 3 is 2.49 bits per heavy atom. The van der Waals surface area contributed by atoms with Crippen LogP contribution in [0.15, 0.2) is 65.8 Å². The van der Waals surface area contributed by atoms with Crippen LogP contribution in [-0.2, 0) is 14.6 Å². The lowest BCUT2D eigenvalue weighted by Gasteiger charge is -2.33. The number of ether oxygens (including phenoxy) is 2. The fourth-order valence-corrected chi connectivity index (χ4v) is 6.05. The molecule has 0 amide bonds. The summed E-state index contributed by atoms with van der Waals surface area (Å²) in [6, 6.07) is 11.4. The molecule has 37 heavy (non-hydrogen) atoms.